The summed E-state index contributed by atoms with van der Waals surface area (Å²) in [5.41, 5.74) is 0.748. The van der Waals surface area contributed by atoms with E-state index < -0.39 is 0 Å². The van der Waals surface area contributed by atoms with E-state index in [-0.39, 0.29) is 0 Å². The van der Waals surface area contributed by atoms with Gasteiger partial charge in [-0.3, -0.25) is 4.79 Å². The van der Waals surface area contributed by atoms with E-state index in [0.717, 1.165) is 17.7 Å². The molecule has 1 aromatic rings. The Morgan fingerprint density at radius 3 is 2.75 bits per heavy atom. The fraction of sp³-hybridized carbons (Fsp3) is 0.250. The molecule has 1 heterocycles. The van der Waals surface area contributed by atoms with E-state index in [1.54, 1.807) is 18.2 Å². The van der Waals surface area contributed by atoms with Gasteiger partial charge in [0.2, 0.25) is 0 Å². The molecule has 84 valence electrons. The predicted molar refractivity (Wildman–Crippen MR) is 61.9 cm³/mol. The number of rotatable bonds is 2. The second-order valence-electron chi connectivity index (χ2n) is 3.36. The molecule has 3 nitrogen and oxygen atoms in total. The van der Waals surface area contributed by atoms with Crippen molar-refractivity contribution in [2.75, 3.05) is 13.2 Å². The van der Waals surface area contributed by atoms with Gasteiger partial charge in [0.15, 0.2) is 11.5 Å². The van der Waals surface area contributed by atoms with Crippen molar-refractivity contribution in [1.82, 2.24) is 0 Å². The molecular weight excluding hydrogens is 228 g/mol. The predicted octanol–water partition coefficient (Wildman–Crippen LogP) is 2.63. The SMILES string of the molecule is O=CC=C(Cl)c1ccc2c(c1)OCCCO2. The van der Waals surface area contributed by atoms with Crippen LogP contribution in [0.1, 0.15) is 12.0 Å². The van der Waals surface area contributed by atoms with Gasteiger partial charge in [0, 0.05) is 6.42 Å². The van der Waals surface area contributed by atoms with Crippen LogP contribution in [-0.2, 0) is 4.79 Å². The molecule has 0 spiro atoms. The number of ether oxygens (including phenoxy) is 2. The molecule has 4 heteroatoms. The average molecular weight is 239 g/mol. The normalized spacial score (nSPS) is 15.4. The van der Waals surface area contributed by atoms with E-state index in [2.05, 4.69) is 0 Å². The van der Waals surface area contributed by atoms with Crippen LogP contribution in [0, 0.1) is 0 Å². The van der Waals surface area contributed by atoms with Crippen LogP contribution in [0.5, 0.6) is 11.5 Å². The Bertz CT molecular complexity index is 426. The van der Waals surface area contributed by atoms with Gasteiger partial charge >= 0.3 is 0 Å². The van der Waals surface area contributed by atoms with Crippen molar-refractivity contribution in [2.24, 2.45) is 0 Å². The lowest BCUT2D eigenvalue weighted by Crippen LogP contribution is -1.97. The Kier molecular flexibility index (Phi) is 3.47. The monoisotopic (exact) mass is 238 g/mol. The summed E-state index contributed by atoms with van der Waals surface area (Å²) in [7, 11) is 0. The fourth-order valence-corrected chi connectivity index (χ4v) is 1.64. The van der Waals surface area contributed by atoms with Crippen LogP contribution < -0.4 is 9.47 Å². The number of carbonyl (C=O) groups excluding carboxylic acids is 1. The van der Waals surface area contributed by atoms with E-state index in [1.165, 1.54) is 6.08 Å². The Balaban J connectivity index is 2.34. The van der Waals surface area contributed by atoms with E-state index in [1.807, 2.05) is 0 Å². The van der Waals surface area contributed by atoms with Gasteiger partial charge < -0.3 is 9.47 Å². The highest BCUT2D eigenvalue weighted by Gasteiger charge is 2.11. The molecule has 0 radical (unpaired) electrons. The first-order chi connectivity index (χ1) is 7.81. The van der Waals surface area contributed by atoms with Crippen molar-refractivity contribution >= 4 is 22.9 Å². The van der Waals surface area contributed by atoms with Crippen LogP contribution in [0.25, 0.3) is 5.03 Å². The van der Waals surface area contributed by atoms with Crippen molar-refractivity contribution in [1.29, 1.82) is 0 Å². The number of aldehydes is 1. The molecular formula is C12H11ClO3. The molecule has 0 bridgehead atoms. The Labute approximate surface area is 98.6 Å². The summed E-state index contributed by atoms with van der Waals surface area (Å²) in [6, 6.07) is 5.38. The lowest BCUT2D eigenvalue weighted by Gasteiger charge is -2.08. The van der Waals surface area contributed by atoms with Crippen LogP contribution in [0.4, 0.5) is 0 Å². The molecule has 16 heavy (non-hydrogen) atoms. The van der Waals surface area contributed by atoms with Crippen LogP contribution in [-0.4, -0.2) is 19.5 Å². The van der Waals surface area contributed by atoms with Gasteiger partial charge in [-0.1, -0.05) is 11.6 Å². The van der Waals surface area contributed by atoms with Gasteiger partial charge in [0.1, 0.15) is 6.29 Å². The number of halogens is 1. The maximum absolute atomic E-state index is 10.3. The largest absolute Gasteiger partial charge is 0.490 e. The Hall–Kier alpha value is -1.48. The lowest BCUT2D eigenvalue weighted by molar-refractivity contribution is -0.104. The highest BCUT2D eigenvalue weighted by molar-refractivity contribution is 6.49. The van der Waals surface area contributed by atoms with Crippen molar-refractivity contribution in [3.63, 3.8) is 0 Å². The van der Waals surface area contributed by atoms with Gasteiger partial charge in [-0.15, -0.1) is 0 Å². The minimum Gasteiger partial charge on any atom is -0.490 e. The third kappa shape index (κ3) is 2.36. The second kappa shape index (κ2) is 5.03. The van der Waals surface area contributed by atoms with Crippen molar-refractivity contribution < 1.29 is 14.3 Å². The van der Waals surface area contributed by atoms with E-state index >= 15 is 0 Å². The van der Waals surface area contributed by atoms with Gasteiger partial charge in [-0.05, 0) is 29.8 Å². The zero-order chi connectivity index (χ0) is 11.4. The van der Waals surface area contributed by atoms with Gasteiger partial charge in [-0.2, -0.15) is 0 Å². The summed E-state index contributed by atoms with van der Waals surface area (Å²) in [6.07, 6.45) is 2.83. The van der Waals surface area contributed by atoms with Crippen LogP contribution >= 0.6 is 11.6 Å². The van der Waals surface area contributed by atoms with Crippen molar-refractivity contribution in [2.45, 2.75) is 6.42 Å². The maximum atomic E-state index is 10.3. The molecule has 1 aliphatic rings. The summed E-state index contributed by atoms with van der Waals surface area (Å²) >= 11 is 5.92. The number of fused-ring (bicyclic) bond motifs is 1. The highest BCUT2D eigenvalue weighted by Crippen LogP contribution is 2.33. The summed E-state index contributed by atoms with van der Waals surface area (Å²) in [5, 5.41) is 0.394. The van der Waals surface area contributed by atoms with E-state index in [0.29, 0.717) is 30.3 Å². The molecule has 0 N–H and O–H groups in total. The third-order valence-electron chi connectivity index (χ3n) is 2.24. The van der Waals surface area contributed by atoms with Crippen LogP contribution in [0.3, 0.4) is 0 Å². The second-order valence-corrected chi connectivity index (χ2v) is 3.77. The minimum atomic E-state index is 0.394. The Morgan fingerprint density at radius 2 is 2.00 bits per heavy atom. The zero-order valence-electron chi connectivity index (χ0n) is 8.61. The first kappa shape index (κ1) is 11.0. The molecule has 0 aliphatic carbocycles. The standard InChI is InChI=1S/C12H11ClO3/c13-10(4-5-14)9-2-3-11-12(8-9)16-7-1-6-15-11/h2-5,8H,1,6-7H2. The average Bonchev–Trinajstić information content (AvgIpc) is 2.53. The molecule has 0 saturated carbocycles. The van der Waals surface area contributed by atoms with Crippen LogP contribution in [0.2, 0.25) is 0 Å². The van der Waals surface area contributed by atoms with Gasteiger partial charge in [-0.25, -0.2) is 0 Å². The number of hydrogen-bond acceptors (Lipinski definition) is 3. The van der Waals surface area contributed by atoms with Gasteiger partial charge in [0.25, 0.3) is 0 Å². The summed E-state index contributed by atoms with van der Waals surface area (Å²) in [6.45, 7) is 1.29. The number of benzene rings is 1. The molecule has 0 amide bonds. The fourth-order valence-electron chi connectivity index (χ4n) is 1.47. The number of allylic oxidation sites excluding steroid dienone is 1. The smallest absolute Gasteiger partial charge is 0.161 e. The molecule has 0 aromatic heterocycles. The third-order valence-corrected chi connectivity index (χ3v) is 2.58. The van der Waals surface area contributed by atoms with Crippen LogP contribution in [0.15, 0.2) is 24.3 Å². The van der Waals surface area contributed by atoms with E-state index in [9.17, 15) is 4.79 Å². The molecule has 0 atom stereocenters. The first-order valence-electron chi connectivity index (χ1n) is 5.02. The zero-order valence-corrected chi connectivity index (χ0v) is 9.37. The molecule has 1 aromatic carbocycles. The molecule has 1 aliphatic heterocycles. The molecule has 2 rings (SSSR count). The minimum absolute atomic E-state index is 0.394. The highest BCUT2D eigenvalue weighted by atomic mass is 35.5. The van der Waals surface area contributed by atoms with Gasteiger partial charge in [0.05, 0.1) is 18.2 Å². The molecule has 0 saturated heterocycles. The summed E-state index contributed by atoms with van der Waals surface area (Å²) in [5.74, 6) is 1.39. The summed E-state index contributed by atoms with van der Waals surface area (Å²) in [4.78, 5) is 10.3. The Morgan fingerprint density at radius 1 is 1.25 bits per heavy atom. The number of carbonyl (C=O) groups is 1. The number of hydrogen-bond donors (Lipinski definition) is 0. The van der Waals surface area contributed by atoms with Crippen molar-refractivity contribution in [3.05, 3.63) is 29.8 Å². The maximum Gasteiger partial charge on any atom is 0.161 e. The molecule has 0 unspecified atom stereocenters. The topological polar surface area (TPSA) is 35.5 Å². The summed E-state index contributed by atoms with van der Waals surface area (Å²) < 4.78 is 11.0. The quantitative estimate of drug-likeness (QED) is 0.587. The van der Waals surface area contributed by atoms with E-state index in [4.69, 9.17) is 21.1 Å². The first-order valence-corrected chi connectivity index (χ1v) is 5.40. The molecule has 0 fully saturated rings. The lowest BCUT2D eigenvalue weighted by atomic mass is 10.2. The van der Waals surface area contributed by atoms with Crippen molar-refractivity contribution in [3.8, 4) is 11.5 Å².